The first-order chi connectivity index (χ1) is 16.9. The predicted molar refractivity (Wildman–Crippen MR) is 130 cm³/mol. The summed E-state index contributed by atoms with van der Waals surface area (Å²) in [5.74, 6) is -0.0161. The van der Waals surface area contributed by atoms with Gasteiger partial charge in [0.15, 0.2) is 5.78 Å². The van der Waals surface area contributed by atoms with E-state index >= 15 is 4.39 Å². The number of carbonyl (C=O) groups is 2. The molecule has 8 heteroatoms. The highest BCUT2D eigenvalue weighted by Crippen LogP contribution is 2.50. The molecule has 0 aromatic heterocycles. The van der Waals surface area contributed by atoms with E-state index in [1.807, 2.05) is 6.20 Å². The van der Waals surface area contributed by atoms with Crippen LogP contribution in [-0.2, 0) is 14.3 Å². The summed E-state index contributed by atoms with van der Waals surface area (Å²) in [6, 6.07) is -0.392. The van der Waals surface area contributed by atoms with Gasteiger partial charge in [0.25, 0.3) is 5.91 Å². The number of carbonyl (C=O) groups excluding carboxylic acids is 2. The molecule has 3 aliphatic carbocycles. The number of hydrogen-bond donors (Lipinski definition) is 2. The molecular formula is C27H41FN4O3. The maximum atomic E-state index is 15.1. The fourth-order valence-corrected chi connectivity index (χ4v) is 8.34. The highest BCUT2D eigenvalue weighted by Gasteiger charge is 2.59. The quantitative estimate of drug-likeness (QED) is 0.590. The first-order valence-electron chi connectivity index (χ1n) is 14.0. The van der Waals surface area contributed by atoms with Crippen LogP contribution in [0.15, 0.2) is 11.8 Å². The number of Topliss-reactive ketones (excluding diaryl/α,β-unsaturated/α-hetero) is 1. The second-order valence-electron chi connectivity index (χ2n) is 12.0. The number of ether oxygens (including phenoxy) is 1. The predicted octanol–water partition coefficient (Wildman–Crippen LogP) is 2.15. The lowest BCUT2D eigenvalue weighted by molar-refractivity contribution is -0.217. The number of alkyl halides is 1. The second kappa shape index (κ2) is 9.42. The van der Waals surface area contributed by atoms with Crippen LogP contribution in [0.25, 0.3) is 0 Å². The molecule has 6 rings (SSSR count). The number of rotatable bonds is 4. The van der Waals surface area contributed by atoms with Gasteiger partial charge < -0.3 is 25.6 Å². The van der Waals surface area contributed by atoms with Gasteiger partial charge in [-0.2, -0.15) is 0 Å². The van der Waals surface area contributed by atoms with Crippen LogP contribution >= 0.6 is 0 Å². The lowest BCUT2D eigenvalue weighted by Crippen LogP contribution is -2.73. The van der Waals surface area contributed by atoms with Crippen LogP contribution < -0.4 is 11.1 Å². The normalized spacial score (nSPS) is 45.3. The lowest BCUT2D eigenvalue weighted by Gasteiger charge is -2.61. The number of amides is 1. The largest absolute Gasteiger partial charge is 0.369 e. The summed E-state index contributed by atoms with van der Waals surface area (Å²) in [4.78, 5) is 31.3. The van der Waals surface area contributed by atoms with E-state index in [0.717, 1.165) is 38.6 Å². The Labute approximate surface area is 208 Å². The van der Waals surface area contributed by atoms with Gasteiger partial charge in [0.1, 0.15) is 6.17 Å². The zero-order chi connectivity index (χ0) is 24.3. The number of nitrogens with zero attached hydrogens (tertiary/aromatic N) is 2. The maximum Gasteiger partial charge on any atom is 0.256 e. The fraction of sp³-hybridized carbons (Fsp3) is 0.852. The van der Waals surface area contributed by atoms with Crippen LogP contribution in [0.2, 0.25) is 0 Å². The van der Waals surface area contributed by atoms with Crippen molar-refractivity contribution in [1.82, 2.24) is 15.1 Å². The van der Waals surface area contributed by atoms with Crippen LogP contribution in [0.5, 0.6) is 0 Å². The van der Waals surface area contributed by atoms with Crippen molar-refractivity contribution < 1.29 is 18.7 Å². The number of nitrogens with two attached hydrogens (primary N) is 1. The second-order valence-corrected chi connectivity index (χ2v) is 12.0. The third-order valence-corrected chi connectivity index (χ3v) is 10.2. The number of morpholine rings is 1. The van der Waals surface area contributed by atoms with Crippen LogP contribution in [0.3, 0.4) is 0 Å². The Morgan fingerprint density at radius 2 is 2.00 bits per heavy atom. The number of halogens is 1. The van der Waals surface area contributed by atoms with Crippen molar-refractivity contribution in [2.24, 2.45) is 23.5 Å². The van der Waals surface area contributed by atoms with E-state index in [0.29, 0.717) is 24.4 Å². The molecule has 0 aromatic rings. The molecule has 3 saturated carbocycles. The van der Waals surface area contributed by atoms with Gasteiger partial charge in [-0.25, -0.2) is 4.39 Å². The summed E-state index contributed by atoms with van der Waals surface area (Å²) in [6.45, 7) is 1.64. The molecule has 10 atom stereocenters. The molecule has 0 radical (unpaired) electrons. The minimum Gasteiger partial charge on any atom is -0.369 e. The van der Waals surface area contributed by atoms with Crippen molar-refractivity contribution >= 4 is 11.7 Å². The molecule has 35 heavy (non-hydrogen) atoms. The Morgan fingerprint density at radius 3 is 2.80 bits per heavy atom. The van der Waals surface area contributed by atoms with Gasteiger partial charge in [0.2, 0.25) is 0 Å². The number of fused-ring (bicyclic) bond motifs is 4. The van der Waals surface area contributed by atoms with Gasteiger partial charge in [-0.05, 0) is 70.4 Å². The zero-order valence-corrected chi connectivity index (χ0v) is 20.9. The number of hydrogen-bond acceptors (Lipinski definition) is 6. The Kier molecular flexibility index (Phi) is 6.42. The lowest BCUT2D eigenvalue weighted by atomic mass is 9.64. The SMILES string of the molecule is CN1CCCC1CCNC(=O)C1=CN2C3CCC4CCCCC4C3OC3C(N)C(F)CC(C1=O)C32. The molecule has 3 N–H and O–H groups in total. The summed E-state index contributed by atoms with van der Waals surface area (Å²) in [5, 5.41) is 3.01. The average molecular weight is 489 g/mol. The van der Waals surface area contributed by atoms with Gasteiger partial charge in [-0.3, -0.25) is 9.59 Å². The standard InChI is InChI=1S/C27H41FN4O3/c1-31-12-4-6-16(31)10-11-30-27(34)19-14-32-21-9-8-15-5-2-3-7-17(15)25(21)35-26-22(29)20(28)13-18(23(26)32)24(19)33/h14-18,20-23,25-26H,2-13,29H2,1H3,(H,30,34). The minimum absolute atomic E-state index is 0.000956. The third-order valence-electron chi connectivity index (χ3n) is 10.2. The number of likely N-dealkylation sites (tertiary alicyclic amines) is 1. The summed E-state index contributed by atoms with van der Waals surface area (Å²) in [5.41, 5.74) is 6.55. The highest BCUT2D eigenvalue weighted by atomic mass is 19.1. The Hall–Kier alpha value is -1.51. The van der Waals surface area contributed by atoms with Crippen molar-refractivity contribution in [3.05, 3.63) is 11.8 Å². The van der Waals surface area contributed by atoms with Crippen molar-refractivity contribution in [1.29, 1.82) is 0 Å². The Bertz CT molecular complexity index is 882. The number of nitrogens with one attached hydrogen (secondary N) is 1. The van der Waals surface area contributed by atoms with Gasteiger partial charge in [0, 0.05) is 24.7 Å². The smallest absolute Gasteiger partial charge is 0.256 e. The van der Waals surface area contributed by atoms with E-state index in [1.54, 1.807) is 0 Å². The average Bonchev–Trinajstić information content (AvgIpc) is 3.27. The van der Waals surface area contributed by atoms with Crippen LogP contribution in [-0.4, -0.2) is 84.2 Å². The minimum atomic E-state index is -1.30. The molecule has 3 aliphatic heterocycles. The van der Waals surface area contributed by atoms with Gasteiger partial charge in [-0.1, -0.05) is 19.3 Å². The van der Waals surface area contributed by atoms with Crippen LogP contribution in [0.1, 0.15) is 64.2 Å². The molecule has 5 fully saturated rings. The molecule has 1 amide bonds. The number of ketones is 1. The molecule has 10 unspecified atom stereocenters. The van der Waals surface area contributed by atoms with E-state index in [2.05, 4.69) is 22.2 Å². The van der Waals surface area contributed by atoms with E-state index in [9.17, 15) is 9.59 Å². The zero-order valence-electron chi connectivity index (χ0n) is 20.9. The summed E-state index contributed by atoms with van der Waals surface area (Å²) >= 11 is 0. The van der Waals surface area contributed by atoms with E-state index in [4.69, 9.17) is 10.5 Å². The van der Waals surface area contributed by atoms with E-state index < -0.39 is 24.2 Å². The first-order valence-corrected chi connectivity index (χ1v) is 14.0. The van der Waals surface area contributed by atoms with E-state index in [-0.39, 0.29) is 41.9 Å². The Morgan fingerprint density at radius 1 is 1.17 bits per heavy atom. The summed E-state index contributed by atoms with van der Waals surface area (Å²) in [6.07, 6.45) is 10.3. The van der Waals surface area contributed by atoms with Gasteiger partial charge in [-0.15, -0.1) is 0 Å². The van der Waals surface area contributed by atoms with Crippen molar-refractivity contribution in [3.63, 3.8) is 0 Å². The first kappa shape index (κ1) is 23.9. The summed E-state index contributed by atoms with van der Waals surface area (Å²) < 4.78 is 21.8. The molecule has 0 aromatic carbocycles. The molecule has 0 bridgehead atoms. The molecule has 194 valence electrons. The maximum absolute atomic E-state index is 15.1. The molecular weight excluding hydrogens is 447 g/mol. The van der Waals surface area contributed by atoms with Crippen molar-refractivity contribution in [2.45, 2.75) is 107 Å². The monoisotopic (exact) mass is 488 g/mol. The van der Waals surface area contributed by atoms with Crippen molar-refractivity contribution in [2.75, 3.05) is 20.1 Å². The van der Waals surface area contributed by atoms with Crippen LogP contribution in [0, 0.1) is 17.8 Å². The van der Waals surface area contributed by atoms with E-state index in [1.165, 1.54) is 25.7 Å². The molecule has 0 spiro atoms. The third kappa shape index (κ3) is 4.04. The summed E-state index contributed by atoms with van der Waals surface area (Å²) in [7, 11) is 2.13. The van der Waals surface area contributed by atoms with Crippen molar-refractivity contribution in [3.8, 4) is 0 Å². The topological polar surface area (TPSA) is 87.9 Å². The van der Waals surface area contributed by atoms with Gasteiger partial charge >= 0.3 is 0 Å². The van der Waals surface area contributed by atoms with Crippen LogP contribution in [0.4, 0.5) is 4.39 Å². The molecule has 6 aliphatic rings. The molecule has 7 nitrogen and oxygen atoms in total. The Balaban J connectivity index is 1.25. The molecule has 3 heterocycles. The highest BCUT2D eigenvalue weighted by molar-refractivity contribution is 6.20. The molecule has 2 saturated heterocycles. The van der Waals surface area contributed by atoms with Gasteiger partial charge in [0.05, 0.1) is 35.9 Å². The fourth-order valence-electron chi connectivity index (χ4n) is 8.34.